The standard InChI is InChI=1S/C22H24O2/c1-3-4-5-15-13-20(24)22(2)11-10-18-17-9-7-16(23)12-14(17)6-8-19(18)21(15)22/h1,7,9,12,15,18-21,23-24H,6,8,10-11,13H2,2H3/t15?,18-,19-,20?,21+,22-/m1/s1. The molecule has 2 unspecified atom stereocenters. The highest BCUT2D eigenvalue weighted by molar-refractivity contribution is 5.40. The third-order valence-corrected chi connectivity index (χ3v) is 7.01. The Balaban J connectivity index is 1.74. The van der Waals surface area contributed by atoms with Crippen LogP contribution in [0.15, 0.2) is 18.2 Å². The van der Waals surface area contributed by atoms with E-state index in [1.54, 1.807) is 0 Å². The summed E-state index contributed by atoms with van der Waals surface area (Å²) < 4.78 is 0. The van der Waals surface area contributed by atoms with Crippen molar-refractivity contribution in [3.05, 3.63) is 29.3 Å². The molecule has 2 heteroatoms. The molecule has 0 saturated heterocycles. The second-order valence-corrected chi connectivity index (χ2v) is 8.03. The van der Waals surface area contributed by atoms with Crippen LogP contribution >= 0.6 is 0 Å². The van der Waals surface area contributed by atoms with Crippen LogP contribution in [-0.2, 0) is 6.42 Å². The highest BCUT2D eigenvalue weighted by Crippen LogP contribution is 2.62. The second-order valence-electron chi connectivity index (χ2n) is 8.03. The van der Waals surface area contributed by atoms with Gasteiger partial charge in [-0.2, -0.15) is 0 Å². The molecule has 1 aromatic carbocycles. The summed E-state index contributed by atoms with van der Waals surface area (Å²) in [4.78, 5) is 0. The van der Waals surface area contributed by atoms with Gasteiger partial charge in [0.05, 0.1) is 6.10 Å². The number of hydrogen-bond acceptors (Lipinski definition) is 2. The summed E-state index contributed by atoms with van der Waals surface area (Å²) in [5, 5.41) is 20.5. The molecule has 0 aliphatic heterocycles. The molecule has 2 saturated carbocycles. The molecule has 0 bridgehead atoms. The molecule has 0 spiro atoms. The van der Waals surface area contributed by atoms with Crippen LogP contribution < -0.4 is 0 Å². The number of phenolic OH excluding ortho intramolecular Hbond substituents is 1. The van der Waals surface area contributed by atoms with Gasteiger partial charge in [0.15, 0.2) is 0 Å². The van der Waals surface area contributed by atoms with E-state index < -0.39 is 0 Å². The van der Waals surface area contributed by atoms with Crippen molar-refractivity contribution >= 4 is 0 Å². The fourth-order valence-corrected chi connectivity index (χ4v) is 5.93. The molecule has 1 aromatic rings. The lowest BCUT2D eigenvalue weighted by molar-refractivity contribution is -0.0264. The van der Waals surface area contributed by atoms with Gasteiger partial charge in [0.25, 0.3) is 0 Å². The maximum absolute atomic E-state index is 10.7. The van der Waals surface area contributed by atoms with E-state index in [1.165, 1.54) is 11.1 Å². The minimum absolute atomic E-state index is 0.0382. The SMILES string of the molecule is C#CC#CC1CC(O)[C@@]2(C)CC[C@@H]3c4ccc(O)cc4CC[C@H]3[C@H]12. The summed E-state index contributed by atoms with van der Waals surface area (Å²) >= 11 is 0. The van der Waals surface area contributed by atoms with Crippen LogP contribution in [-0.4, -0.2) is 16.3 Å². The molecule has 0 radical (unpaired) electrons. The minimum atomic E-state index is -0.276. The van der Waals surface area contributed by atoms with Crippen molar-refractivity contribution < 1.29 is 10.2 Å². The Hall–Kier alpha value is -1.90. The van der Waals surface area contributed by atoms with Gasteiger partial charge < -0.3 is 10.2 Å². The summed E-state index contributed by atoms with van der Waals surface area (Å²) in [5.74, 6) is 10.6. The third kappa shape index (κ3) is 2.17. The monoisotopic (exact) mass is 320 g/mol. The number of hydrogen-bond donors (Lipinski definition) is 2. The average Bonchev–Trinajstić information content (AvgIpc) is 2.83. The van der Waals surface area contributed by atoms with Crippen molar-refractivity contribution in [3.63, 3.8) is 0 Å². The lowest BCUT2D eigenvalue weighted by Crippen LogP contribution is -2.45. The van der Waals surface area contributed by atoms with Crippen LogP contribution in [0.1, 0.15) is 49.7 Å². The molecule has 3 aliphatic carbocycles. The van der Waals surface area contributed by atoms with Crippen molar-refractivity contribution in [2.75, 3.05) is 0 Å². The summed E-state index contributed by atoms with van der Waals surface area (Å²) in [7, 11) is 0. The Morgan fingerprint density at radius 3 is 2.92 bits per heavy atom. The fraction of sp³-hybridized carbons (Fsp3) is 0.545. The predicted octanol–water partition coefficient (Wildman–Crippen LogP) is 3.47. The minimum Gasteiger partial charge on any atom is -0.508 e. The van der Waals surface area contributed by atoms with Gasteiger partial charge in [-0.3, -0.25) is 0 Å². The summed E-state index contributed by atoms with van der Waals surface area (Å²) in [5.41, 5.74) is 2.66. The van der Waals surface area contributed by atoms with Gasteiger partial charge in [-0.1, -0.05) is 18.9 Å². The Labute approximate surface area is 144 Å². The quantitative estimate of drug-likeness (QED) is 0.719. The van der Waals surface area contributed by atoms with Crippen molar-refractivity contribution in [3.8, 4) is 29.9 Å². The van der Waals surface area contributed by atoms with Gasteiger partial charge in [0.2, 0.25) is 0 Å². The molecule has 6 atom stereocenters. The first-order valence-electron chi connectivity index (χ1n) is 9.00. The van der Waals surface area contributed by atoms with Gasteiger partial charge in [-0.25, -0.2) is 0 Å². The van der Waals surface area contributed by atoms with Crippen molar-refractivity contribution in [2.45, 2.75) is 51.0 Å². The summed E-state index contributed by atoms with van der Waals surface area (Å²) in [6, 6.07) is 5.85. The molecule has 0 heterocycles. The molecular formula is C22H24O2. The zero-order valence-electron chi connectivity index (χ0n) is 14.1. The maximum atomic E-state index is 10.7. The van der Waals surface area contributed by atoms with Crippen molar-refractivity contribution in [1.29, 1.82) is 0 Å². The second kappa shape index (κ2) is 5.58. The molecule has 4 rings (SSSR count). The van der Waals surface area contributed by atoms with E-state index >= 15 is 0 Å². The Kier molecular flexibility index (Phi) is 3.63. The number of benzene rings is 1. The van der Waals surface area contributed by atoms with E-state index in [2.05, 4.69) is 30.8 Å². The zero-order chi connectivity index (χ0) is 16.9. The van der Waals surface area contributed by atoms with Gasteiger partial charge in [-0.15, -0.1) is 6.42 Å². The first kappa shape index (κ1) is 15.6. The number of rotatable bonds is 0. The molecule has 0 aromatic heterocycles. The van der Waals surface area contributed by atoms with Gasteiger partial charge in [0.1, 0.15) is 5.75 Å². The highest BCUT2D eigenvalue weighted by Gasteiger charge is 2.58. The molecule has 24 heavy (non-hydrogen) atoms. The van der Waals surface area contributed by atoms with Crippen molar-refractivity contribution in [2.24, 2.45) is 23.2 Å². The number of aromatic hydroxyl groups is 1. The van der Waals surface area contributed by atoms with Crippen molar-refractivity contribution in [1.82, 2.24) is 0 Å². The number of aliphatic hydroxyl groups is 1. The van der Waals surface area contributed by atoms with E-state index in [-0.39, 0.29) is 17.4 Å². The molecular weight excluding hydrogens is 296 g/mol. The normalized spacial score (nSPS) is 39.6. The number of terminal acetylenes is 1. The number of aliphatic hydroxyl groups excluding tert-OH is 1. The number of fused-ring (bicyclic) bond motifs is 5. The van der Waals surface area contributed by atoms with Gasteiger partial charge in [-0.05, 0) is 90.4 Å². The summed E-state index contributed by atoms with van der Waals surface area (Å²) in [6.45, 7) is 2.25. The van der Waals surface area contributed by atoms with Gasteiger partial charge in [0, 0.05) is 5.92 Å². The van der Waals surface area contributed by atoms with E-state index in [4.69, 9.17) is 6.42 Å². The van der Waals surface area contributed by atoms with Crippen LogP contribution in [0, 0.1) is 47.4 Å². The number of phenols is 1. The molecule has 0 amide bonds. The fourth-order valence-electron chi connectivity index (χ4n) is 5.93. The largest absolute Gasteiger partial charge is 0.508 e. The zero-order valence-corrected chi connectivity index (χ0v) is 14.1. The third-order valence-electron chi connectivity index (χ3n) is 7.01. The maximum Gasteiger partial charge on any atom is 0.115 e. The van der Waals surface area contributed by atoms with Crippen LogP contribution in [0.25, 0.3) is 0 Å². The predicted molar refractivity (Wildman–Crippen MR) is 94.2 cm³/mol. The molecule has 2 fully saturated rings. The van der Waals surface area contributed by atoms with E-state index in [0.29, 0.717) is 23.5 Å². The molecule has 3 aliphatic rings. The first-order chi connectivity index (χ1) is 11.5. The Morgan fingerprint density at radius 2 is 2.12 bits per heavy atom. The van der Waals surface area contributed by atoms with Crippen LogP contribution in [0.3, 0.4) is 0 Å². The van der Waals surface area contributed by atoms with Crippen LogP contribution in [0.5, 0.6) is 5.75 Å². The number of aryl methyl sites for hydroxylation is 1. The summed E-state index contributed by atoms with van der Waals surface area (Å²) in [6.07, 6.45) is 10.1. The molecule has 2 nitrogen and oxygen atoms in total. The van der Waals surface area contributed by atoms with Crippen LogP contribution in [0.2, 0.25) is 0 Å². The highest BCUT2D eigenvalue weighted by atomic mass is 16.3. The Morgan fingerprint density at radius 1 is 1.29 bits per heavy atom. The van der Waals surface area contributed by atoms with E-state index in [0.717, 1.165) is 32.1 Å². The molecule has 2 N–H and O–H groups in total. The van der Waals surface area contributed by atoms with Crippen LogP contribution in [0.4, 0.5) is 0 Å². The van der Waals surface area contributed by atoms with E-state index in [1.807, 2.05) is 12.1 Å². The lowest BCUT2D eigenvalue weighted by Gasteiger charge is -2.50. The smallest absolute Gasteiger partial charge is 0.115 e. The van der Waals surface area contributed by atoms with E-state index in [9.17, 15) is 10.2 Å². The van der Waals surface area contributed by atoms with Gasteiger partial charge >= 0.3 is 0 Å². The first-order valence-corrected chi connectivity index (χ1v) is 9.00. The average molecular weight is 320 g/mol. The Bertz CT molecular complexity index is 762. The molecule has 124 valence electrons. The topological polar surface area (TPSA) is 40.5 Å². The lowest BCUT2D eigenvalue weighted by atomic mass is 9.54.